The molecular formula is C27H46O3. The van der Waals surface area contributed by atoms with E-state index < -0.39 is 19.3 Å². The number of allylic oxidation sites excluding steroid dienone is 4. The van der Waals surface area contributed by atoms with Crippen molar-refractivity contribution in [2.45, 2.75) is 110 Å². The zero-order valence-corrected chi connectivity index (χ0v) is 18.8. The van der Waals surface area contributed by atoms with Crippen molar-refractivity contribution < 1.29 is 23.9 Å². The molecule has 0 heterocycles. The molecule has 0 aromatic heterocycles. The molecule has 3 heteroatoms. The lowest BCUT2D eigenvalue weighted by molar-refractivity contribution is 0.0596. The summed E-state index contributed by atoms with van der Waals surface area (Å²) in [6, 6.07) is 0. The molecule has 172 valence electrons. The molecule has 0 aromatic carbocycles. The first-order valence-corrected chi connectivity index (χ1v) is 11.6. The molecular weight excluding hydrogens is 372 g/mol. The van der Waals surface area contributed by atoms with Crippen LogP contribution in [0.4, 0.5) is 0 Å². The Bertz CT molecular complexity index is 829. The Morgan fingerprint density at radius 2 is 2.03 bits per heavy atom. The van der Waals surface area contributed by atoms with Gasteiger partial charge in [-0.05, 0) is 100 Å². The van der Waals surface area contributed by atoms with Gasteiger partial charge in [0.1, 0.15) is 0 Å². The van der Waals surface area contributed by atoms with Gasteiger partial charge in [0.15, 0.2) is 0 Å². The van der Waals surface area contributed by atoms with Crippen LogP contribution in [0.3, 0.4) is 0 Å². The van der Waals surface area contributed by atoms with E-state index in [2.05, 4.69) is 32.6 Å². The molecule has 0 saturated heterocycles. The van der Waals surface area contributed by atoms with E-state index in [9.17, 15) is 10.2 Å². The summed E-state index contributed by atoms with van der Waals surface area (Å²) < 4.78 is 45.6. The van der Waals surface area contributed by atoms with Crippen LogP contribution in [-0.4, -0.2) is 27.4 Å². The molecule has 3 fully saturated rings. The van der Waals surface area contributed by atoms with Crippen molar-refractivity contribution >= 4 is 0 Å². The zero-order chi connectivity index (χ0) is 26.2. The smallest absolute Gasteiger partial charge is 0.0591 e. The van der Waals surface area contributed by atoms with Crippen LogP contribution in [0, 0.1) is 23.2 Å². The van der Waals surface area contributed by atoms with Crippen molar-refractivity contribution in [3.8, 4) is 0 Å². The molecule has 30 heavy (non-hydrogen) atoms. The second-order valence-corrected chi connectivity index (χ2v) is 10.3. The van der Waals surface area contributed by atoms with E-state index in [1.807, 2.05) is 0 Å². The standard InChI is InChI=1S/C27H44O2.H2O/c1-19-10-13-23(28)18-22(19)12-11-21-9-7-17-27(5)24(14-15-25(21)27)20(2)8-6-16-26(3,4)29;/h11-12,20,23-25,28-29H,1,6-10,13-18H2,2-5H3;1H2/b21-11+,22-12-;/t20-,23+,24-,25+,27-;/m1./s1/i3D3,4D3;. The molecule has 0 bridgehead atoms. The van der Waals surface area contributed by atoms with Crippen LogP contribution in [0.2, 0.25) is 0 Å². The summed E-state index contributed by atoms with van der Waals surface area (Å²) in [5.41, 5.74) is 1.32. The molecule has 3 rings (SSSR count). The van der Waals surface area contributed by atoms with Crippen molar-refractivity contribution in [3.63, 3.8) is 0 Å². The average Bonchev–Trinajstić information content (AvgIpc) is 3.10. The number of hydrogen-bond donors (Lipinski definition) is 2. The first-order valence-electron chi connectivity index (χ1n) is 14.6. The average molecular weight is 425 g/mol. The Morgan fingerprint density at radius 1 is 1.27 bits per heavy atom. The van der Waals surface area contributed by atoms with E-state index in [1.54, 1.807) is 0 Å². The molecule has 0 aliphatic heterocycles. The molecule has 4 N–H and O–H groups in total. The molecule has 3 aliphatic rings. The number of rotatable bonds is 6. The third-order valence-corrected chi connectivity index (χ3v) is 8.11. The fraction of sp³-hybridized carbons (Fsp3) is 0.778. The summed E-state index contributed by atoms with van der Waals surface area (Å²) in [6.45, 7) is 2.91. The third kappa shape index (κ3) is 5.87. The van der Waals surface area contributed by atoms with Crippen LogP contribution < -0.4 is 0 Å². The van der Waals surface area contributed by atoms with Gasteiger partial charge in [0.25, 0.3) is 0 Å². The summed E-state index contributed by atoms with van der Waals surface area (Å²) >= 11 is 0. The second kappa shape index (κ2) is 10.1. The van der Waals surface area contributed by atoms with Crippen LogP contribution in [0.25, 0.3) is 0 Å². The van der Waals surface area contributed by atoms with Gasteiger partial charge in [0, 0.05) is 8.22 Å². The topological polar surface area (TPSA) is 72.0 Å². The lowest BCUT2D eigenvalue weighted by Gasteiger charge is -2.44. The predicted molar refractivity (Wildman–Crippen MR) is 126 cm³/mol. The zero-order valence-electron chi connectivity index (χ0n) is 24.8. The highest BCUT2D eigenvalue weighted by Gasteiger charge is 2.50. The normalized spacial score (nSPS) is 39.7. The van der Waals surface area contributed by atoms with Gasteiger partial charge in [-0.2, -0.15) is 0 Å². The number of aliphatic hydroxyl groups excluding tert-OH is 1. The van der Waals surface area contributed by atoms with Gasteiger partial charge in [-0.15, -0.1) is 0 Å². The minimum Gasteiger partial charge on any atom is -0.412 e. The lowest BCUT2D eigenvalue weighted by Crippen LogP contribution is -2.36. The van der Waals surface area contributed by atoms with E-state index in [1.165, 1.54) is 17.6 Å². The number of hydrogen-bond acceptors (Lipinski definition) is 2. The molecule has 0 unspecified atom stereocenters. The van der Waals surface area contributed by atoms with Crippen LogP contribution in [-0.2, 0) is 0 Å². The Balaban J connectivity index is 0.00000456. The maximum Gasteiger partial charge on any atom is 0.0591 e. The SMILES string of the molecule is O.[2H]C([2H])([2H])C(O)(CCC[C@@H](C)[C@H]1CC[C@H]2/C(=C/C=C3/C[C@@H](O)CCC3=C)CCC[C@]12C)C([2H])([2H])[2H]. The molecule has 3 aliphatic carbocycles. The minimum atomic E-state index is -2.94. The number of aliphatic hydroxyl groups is 2. The van der Waals surface area contributed by atoms with Gasteiger partial charge in [-0.3, -0.25) is 0 Å². The fourth-order valence-electron chi connectivity index (χ4n) is 6.49. The molecule has 3 saturated carbocycles. The Hall–Kier alpha value is -0.900. The van der Waals surface area contributed by atoms with E-state index in [4.69, 9.17) is 8.22 Å². The highest BCUT2D eigenvalue weighted by molar-refractivity contribution is 5.36. The van der Waals surface area contributed by atoms with Gasteiger partial charge < -0.3 is 15.7 Å². The summed E-state index contributed by atoms with van der Waals surface area (Å²) in [6.07, 6.45) is 13.1. The van der Waals surface area contributed by atoms with Crippen LogP contribution in [0.15, 0.2) is 35.5 Å². The molecule has 3 nitrogen and oxygen atoms in total. The quantitative estimate of drug-likeness (QED) is 0.556. The van der Waals surface area contributed by atoms with Gasteiger partial charge >= 0.3 is 0 Å². The molecule has 5 atom stereocenters. The summed E-state index contributed by atoms with van der Waals surface area (Å²) in [5.74, 6) is 1.33. The summed E-state index contributed by atoms with van der Waals surface area (Å²) in [7, 11) is 0. The van der Waals surface area contributed by atoms with Crippen LogP contribution in [0.1, 0.15) is 106 Å². The maximum atomic E-state index is 10.6. The van der Waals surface area contributed by atoms with Gasteiger partial charge in [0.05, 0.1) is 11.7 Å². The monoisotopic (exact) mass is 424 g/mol. The van der Waals surface area contributed by atoms with E-state index in [0.29, 0.717) is 37.0 Å². The van der Waals surface area contributed by atoms with Crippen LogP contribution in [0.5, 0.6) is 0 Å². The third-order valence-electron chi connectivity index (χ3n) is 8.11. The maximum absolute atomic E-state index is 10.6. The Kier molecular flexibility index (Phi) is 5.96. The molecule has 0 radical (unpaired) electrons. The van der Waals surface area contributed by atoms with Crippen molar-refractivity contribution in [3.05, 3.63) is 35.5 Å². The predicted octanol–water partition coefficient (Wildman–Crippen LogP) is 5.91. The van der Waals surface area contributed by atoms with Crippen molar-refractivity contribution in [2.75, 3.05) is 0 Å². The highest BCUT2D eigenvalue weighted by atomic mass is 16.3. The van der Waals surface area contributed by atoms with Crippen molar-refractivity contribution in [2.24, 2.45) is 23.2 Å². The first kappa shape index (κ1) is 17.6. The van der Waals surface area contributed by atoms with E-state index in [-0.39, 0.29) is 23.4 Å². The first-order chi connectivity index (χ1) is 16.1. The Morgan fingerprint density at radius 3 is 2.77 bits per heavy atom. The lowest BCUT2D eigenvalue weighted by atomic mass is 9.60. The summed E-state index contributed by atoms with van der Waals surface area (Å²) in [5, 5.41) is 20.6. The molecule has 0 amide bonds. The second-order valence-electron chi connectivity index (χ2n) is 10.3. The number of fused-ring (bicyclic) bond motifs is 1. The van der Waals surface area contributed by atoms with Gasteiger partial charge in [-0.25, -0.2) is 0 Å². The molecule has 0 aromatic rings. The van der Waals surface area contributed by atoms with Gasteiger partial charge in [0.2, 0.25) is 0 Å². The summed E-state index contributed by atoms with van der Waals surface area (Å²) in [4.78, 5) is 0. The van der Waals surface area contributed by atoms with E-state index in [0.717, 1.165) is 44.1 Å². The van der Waals surface area contributed by atoms with Crippen molar-refractivity contribution in [1.82, 2.24) is 0 Å². The van der Waals surface area contributed by atoms with Gasteiger partial charge in [-0.1, -0.05) is 56.6 Å². The Labute approximate surface area is 193 Å². The largest absolute Gasteiger partial charge is 0.412 e. The molecule has 0 spiro atoms. The highest BCUT2D eigenvalue weighted by Crippen LogP contribution is 2.60. The van der Waals surface area contributed by atoms with Crippen molar-refractivity contribution in [1.29, 1.82) is 0 Å². The fourth-order valence-corrected chi connectivity index (χ4v) is 6.49. The van der Waals surface area contributed by atoms with Crippen LogP contribution >= 0.6 is 0 Å². The van der Waals surface area contributed by atoms with E-state index >= 15 is 0 Å². The minimum absolute atomic E-state index is 0.